The highest BCUT2D eigenvalue weighted by Crippen LogP contribution is 2.30. The van der Waals surface area contributed by atoms with E-state index in [1.807, 2.05) is 24.3 Å². The molecule has 92 valence electrons. The number of carbonyl (C=O) groups is 1. The van der Waals surface area contributed by atoms with Crippen molar-refractivity contribution in [2.75, 3.05) is 5.32 Å². The molecule has 4 nitrogen and oxygen atoms in total. The lowest BCUT2D eigenvalue weighted by Crippen LogP contribution is -2.05. The van der Waals surface area contributed by atoms with Crippen LogP contribution in [-0.4, -0.2) is 15.9 Å². The smallest absolute Gasteiger partial charge is 0.221 e. The predicted molar refractivity (Wildman–Crippen MR) is 71.9 cm³/mol. The van der Waals surface area contributed by atoms with E-state index < -0.39 is 0 Å². The summed E-state index contributed by atoms with van der Waals surface area (Å²) in [6.45, 7) is 1.47. The number of hydrogen-bond acceptors (Lipinski definition) is 4. The summed E-state index contributed by atoms with van der Waals surface area (Å²) in [5.74, 6) is -0.0904. The van der Waals surface area contributed by atoms with Crippen molar-refractivity contribution < 1.29 is 4.79 Å². The molecule has 1 amide bonds. The highest BCUT2D eigenvalue weighted by Gasteiger charge is 2.04. The van der Waals surface area contributed by atoms with Crippen LogP contribution in [0.1, 0.15) is 6.92 Å². The van der Waals surface area contributed by atoms with E-state index in [4.69, 9.17) is 11.6 Å². The van der Waals surface area contributed by atoms with Crippen molar-refractivity contribution in [3.8, 4) is 0 Å². The molecule has 18 heavy (non-hydrogen) atoms. The van der Waals surface area contributed by atoms with Crippen LogP contribution in [0.3, 0.4) is 0 Å². The number of nitrogens with zero attached hydrogens (tertiary/aromatic N) is 2. The molecule has 6 heteroatoms. The Balaban J connectivity index is 2.11. The highest BCUT2D eigenvalue weighted by molar-refractivity contribution is 7.99. The van der Waals surface area contributed by atoms with E-state index in [2.05, 4.69) is 15.3 Å². The Hall–Kier alpha value is -1.59. The van der Waals surface area contributed by atoms with Crippen LogP contribution in [0, 0.1) is 0 Å². The lowest BCUT2D eigenvalue weighted by molar-refractivity contribution is -0.114. The molecule has 2 rings (SSSR count). The standard InChI is InChI=1S/C12H10ClN3OS/c1-8(17)16-9-2-4-10(5-3-9)18-12-11(13)14-6-7-15-12/h2-7H,1H3,(H,16,17). The molecule has 0 aliphatic heterocycles. The van der Waals surface area contributed by atoms with Crippen LogP contribution in [0.4, 0.5) is 5.69 Å². The number of carbonyl (C=O) groups excluding carboxylic acids is 1. The van der Waals surface area contributed by atoms with Gasteiger partial charge in [0.15, 0.2) is 5.15 Å². The molecule has 0 saturated carbocycles. The minimum absolute atomic E-state index is 0.0904. The number of amides is 1. The predicted octanol–water partition coefficient (Wildman–Crippen LogP) is 3.24. The quantitative estimate of drug-likeness (QED) is 0.937. The zero-order valence-corrected chi connectivity index (χ0v) is 11.1. The van der Waals surface area contributed by atoms with Gasteiger partial charge >= 0.3 is 0 Å². The van der Waals surface area contributed by atoms with E-state index in [9.17, 15) is 4.79 Å². The molecule has 0 unspecified atom stereocenters. The van der Waals surface area contributed by atoms with Gasteiger partial charge in [-0.05, 0) is 24.3 Å². The van der Waals surface area contributed by atoms with Crippen molar-refractivity contribution in [1.82, 2.24) is 9.97 Å². The molecular weight excluding hydrogens is 270 g/mol. The van der Waals surface area contributed by atoms with Crippen LogP contribution < -0.4 is 5.32 Å². The molecule has 0 fully saturated rings. The molecular formula is C12H10ClN3OS. The van der Waals surface area contributed by atoms with E-state index in [-0.39, 0.29) is 5.91 Å². The van der Waals surface area contributed by atoms with E-state index in [0.717, 1.165) is 10.6 Å². The van der Waals surface area contributed by atoms with Gasteiger partial charge in [0, 0.05) is 29.9 Å². The van der Waals surface area contributed by atoms with Crippen molar-refractivity contribution in [3.63, 3.8) is 0 Å². The Kier molecular flexibility index (Phi) is 4.17. The van der Waals surface area contributed by atoms with Crippen molar-refractivity contribution in [2.24, 2.45) is 0 Å². The van der Waals surface area contributed by atoms with Crippen LogP contribution in [0.5, 0.6) is 0 Å². The van der Waals surface area contributed by atoms with Gasteiger partial charge in [-0.2, -0.15) is 0 Å². The third-order valence-electron chi connectivity index (χ3n) is 2.01. The largest absolute Gasteiger partial charge is 0.326 e. The molecule has 0 saturated heterocycles. The second kappa shape index (κ2) is 5.84. The first-order valence-corrected chi connectivity index (χ1v) is 6.36. The minimum Gasteiger partial charge on any atom is -0.326 e. The molecule has 1 aromatic carbocycles. The number of benzene rings is 1. The van der Waals surface area contributed by atoms with E-state index in [1.54, 1.807) is 12.4 Å². The van der Waals surface area contributed by atoms with Gasteiger partial charge in [-0.3, -0.25) is 4.79 Å². The molecule has 0 bridgehead atoms. The Morgan fingerprint density at radius 2 is 1.89 bits per heavy atom. The number of nitrogens with one attached hydrogen (secondary N) is 1. The van der Waals surface area contributed by atoms with Gasteiger partial charge in [0.05, 0.1) is 0 Å². The normalized spacial score (nSPS) is 10.1. The van der Waals surface area contributed by atoms with Crippen molar-refractivity contribution in [2.45, 2.75) is 16.8 Å². The molecule has 0 radical (unpaired) electrons. The van der Waals surface area contributed by atoms with Crippen LogP contribution in [0.2, 0.25) is 5.15 Å². The van der Waals surface area contributed by atoms with Gasteiger partial charge < -0.3 is 5.32 Å². The molecule has 0 spiro atoms. The number of rotatable bonds is 3. The Morgan fingerprint density at radius 1 is 1.22 bits per heavy atom. The zero-order valence-electron chi connectivity index (χ0n) is 9.55. The lowest BCUT2D eigenvalue weighted by Gasteiger charge is -2.04. The summed E-state index contributed by atoms with van der Waals surface area (Å²) < 4.78 is 0. The first-order chi connectivity index (χ1) is 8.65. The monoisotopic (exact) mass is 279 g/mol. The number of hydrogen-bond donors (Lipinski definition) is 1. The fourth-order valence-corrected chi connectivity index (χ4v) is 2.26. The molecule has 0 aliphatic carbocycles. The maximum Gasteiger partial charge on any atom is 0.221 e. The summed E-state index contributed by atoms with van der Waals surface area (Å²) in [7, 11) is 0. The van der Waals surface area contributed by atoms with Crippen LogP contribution >= 0.6 is 23.4 Å². The Bertz CT molecular complexity index is 560. The van der Waals surface area contributed by atoms with E-state index in [1.165, 1.54) is 18.7 Å². The SMILES string of the molecule is CC(=O)Nc1ccc(Sc2nccnc2Cl)cc1. The molecule has 0 atom stereocenters. The van der Waals surface area contributed by atoms with Gasteiger partial charge in [0.25, 0.3) is 0 Å². The maximum absolute atomic E-state index is 10.9. The molecule has 1 N–H and O–H groups in total. The number of aromatic nitrogens is 2. The number of halogens is 1. The second-order valence-corrected chi connectivity index (χ2v) is 4.88. The third kappa shape index (κ3) is 3.45. The van der Waals surface area contributed by atoms with Gasteiger partial charge in [0.1, 0.15) is 5.03 Å². The minimum atomic E-state index is -0.0904. The highest BCUT2D eigenvalue weighted by atomic mass is 35.5. The van der Waals surface area contributed by atoms with Crippen molar-refractivity contribution >= 4 is 35.0 Å². The fraction of sp³-hybridized carbons (Fsp3) is 0.0833. The summed E-state index contributed by atoms with van der Waals surface area (Å²) in [5, 5.41) is 3.75. The molecule has 0 aliphatic rings. The first kappa shape index (κ1) is 12.9. The Morgan fingerprint density at radius 3 is 2.50 bits per heavy atom. The van der Waals surface area contributed by atoms with Gasteiger partial charge in [-0.25, -0.2) is 9.97 Å². The van der Waals surface area contributed by atoms with Gasteiger partial charge in [-0.15, -0.1) is 0 Å². The molecule has 2 aromatic rings. The average Bonchev–Trinajstić information content (AvgIpc) is 2.34. The van der Waals surface area contributed by atoms with Crippen LogP contribution in [0.25, 0.3) is 0 Å². The maximum atomic E-state index is 10.9. The van der Waals surface area contributed by atoms with Crippen molar-refractivity contribution in [1.29, 1.82) is 0 Å². The molecule has 1 aromatic heterocycles. The van der Waals surface area contributed by atoms with Crippen LogP contribution in [-0.2, 0) is 4.79 Å². The zero-order chi connectivity index (χ0) is 13.0. The lowest BCUT2D eigenvalue weighted by atomic mass is 10.3. The third-order valence-corrected chi connectivity index (χ3v) is 3.40. The van der Waals surface area contributed by atoms with Gasteiger partial charge in [-0.1, -0.05) is 23.4 Å². The first-order valence-electron chi connectivity index (χ1n) is 5.17. The fourth-order valence-electron chi connectivity index (χ4n) is 1.30. The van der Waals surface area contributed by atoms with Gasteiger partial charge in [0.2, 0.25) is 5.91 Å². The number of anilines is 1. The Labute approximate surface area is 114 Å². The van der Waals surface area contributed by atoms with Crippen LogP contribution in [0.15, 0.2) is 46.6 Å². The average molecular weight is 280 g/mol. The van der Waals surface area contributed by atoms with E-state index >= 15 is 0 Å². The summed E-state index contributed by atoms with van der Waals surface area (Å²) in [4.78, 5) is 20.0. The topological polar surface area (TPSA) is 54.9 Å². The second-order valence-electron chi connectivity index (χ2n) is 3.46. The molecule has 1 heterocycles. The summed E-state index contributed by atoms with van der Waals surface area (Å²) in [6, 6.07) is 7.43. The summed E-state index contributed by atoms with van der Waals surface area (Å²) >= 11 is 7.35. The summed E-state index contributed by atoms with van der Waals surface area (Å²) in [6.07, 6.45) is 3.14. The summed E-state index contributed by atoms with van der Waals surface area (Å²) in [5.41, 5.74) is 0.761. The van der Waals surface area contributed by atoms with Crippen molar-refractivity contribution in [3.05, 3.63) is 41.8 Å². The van der Waals surface area contributed by atoms with E-state index in [0.29, 0.717) is 10.2 Å².